The summed E-state index contributed by atoms with van der Waals surface area (Å²) >= 11 is 0. The van der Waals surface area contributed by atoms with Crippen LogP contribution in [0, 0.1) is 0 Å². The van der Waals surface area contributed by atoms with Crippen molar-refractivity contribution < 1.29 is 92.3 Å². The highest BCUT2D eigenvalue weighted by Gasteiger charge is 2.63. The molecule has 0 aliphatic carbocycles. The molecular weight excluding hydrogens is 711 g/mol. The van der Waals surface area contributed by atoms with Crippen LogP contribution in [-0.4, -0.2) is 79.4 Å². The summed E-state index contributed by atoms with van der Waals surface area (Å²) in [5.74, 6) is 0. The topological polar surface area (TPSA) is 114 Å². The largest absolute Gasteiger partial charge is 0.741 e. The van der Waals surface area contributed by atoms with E-state index in [9.17, 15) is 52.7 Å². The van der Waals surface area contributed by atoms with Gasteiger partial charge in [-0.1, -0.05) is 24.3 Å². The predicted octanol–water partition coefficient (Wildman–Crippen LogP) is 5.78. The van der Waals surface area contributed by atoms with Gasteiger partial charge in [0.15, 0.2) is 39.4 Å². The lowest BCUT2D eigenvalue weighted by Crippen LogP contribution is -2.72. The van der Waals surface area contributed by atoms with E-state index in [-0.39, 0.29) is 13.1 Å². The monoisotopic (exact) mass is 732 g/mol. The molecule has 0 aromatic heterocycles. The van der Waals surface area contributed by atoms with Crippen molar-refractivity contribution in [2.24, 2.45) is 0 Å². The van der Waals surface area contributed by atoms with E-state index in [1.165, 1.54) is 24.3 Å². The van der Waals surface area contributed by atoms with Gasteiger partial charge >= 0.3 is 23.4 Å². The van der Waals surface area contributed by atoms with Crippen LogP contribution in [0.25, 0.3) is 0 Å². The van der Waals surface area contributed by atoms with E-state index in [0.29, 0.717) is 28.7 Å². The van der Waals surface area contributed by atoms with Gasteiger partial charge in [0.2, 0.25) is 6.04 Å². The van der Waals surface area contributed by atoms with Gasteiger partial charge in [-0.2, -0.15) is 52.7 Å². The van der Waals surface area contributed by atoms with Gasteiger partial charge < -0.3 is 13.6 Å². The lowest BCUT2D eigenvalue weighted by Gasteiger charge is -2.57. The Hall–Kier alpha value is -2.73. The third-order valence-electron chi connectivity index (χ3n) is 7.16. The normalized spacial score (nSPS) is 25.6. The fourth-order valence-corrected chi connectivity index (χ4v) is 4.89. The zero-order valence-electron chi connectivity index (χ0n) is 22.7. The Bertz CT molecular complexity index is 1440. The molecule has 2 atom stereocenters. The van der Waals surface area contributed by atoms with Crippen LogP contribution in [0.2, 0.25) is 0 Å². The number of halogens is 13. The minimum absolute atomic E-state index is 0.208. The first kappa shape index (κ1) is 39.4. The van der Waals surface area contributed by atoms with Crippen LogP contribution in [0.3, 0.4) is 0 Å². The highest BCUT2D eigenvalue weighted by molar-refractivity contribution is 7.86. The van der Waals surface area contributed by atoms with E-state index in [0.717, 1.165) is 24.3 Å². The van der Waals surface area contributed by atoms with Crippen molar-refractivity contribution in [3.63, 3.8) is 0 Å². The molecule has 2 bridgehead atoms. The van der Waals surface area contributed by atoms with E-state index < -0.39 is 71.5 Å². The minimum Gasteiger partial charge on any atom is -0.741 e. The molecule has 2 aromatic carbocycles. The zero-order chi connectivity index (χ0) is 35.9. The number of likely N-dealkylation sites (N-methyl/N-ethyl adjacent to an activating group) is 1. The molecule has 5 rings (SSSR count). The van der Waals surface area contributed by atoms with E-state index in [1.807, 2.05) is 7.05 Å². The fraction of sp³-hybridized carbons (Fsp3) is 0.478. The molecule has 2 aromatic rings. The molecule has 0 saturated carbocycles. The minimum atomic E-state index is -6.09. The Balaban J connectivity index is 0.000000381. The van der Waals surface area contributed by atoms with Gasteiger partial charge in [0.05, 0.1) is 18.2 Å². The predicted molar refractivity (Wildman–Crippen MR) is 127 cm³/mol. The van der Waals surface area contributed by atoms with Crippen LogP contribution in [0.4, 0.5) is 57.2 Å². The summed E-state index contributed by atoms with van der Waals surface area (Å²) in [6.45, 7) is 1.41. The number of quaternary nitrogens is 2. The van der Waals surface area contributed by atoms with Crippen molar-refractivity contribution in [1.29, 1.82) is 0 Å². The summed E-state index contributed by atoms with van der Waals surface area (Å²) < 4.78 is 211. The average molecular weight is 733 g/mol. The van der Waals surface area contributed by atoms with Crippen LogP contribution in [-0.2, 0) is 32.6 Å². The molecule has 23 heteroatoms. The maximum Gasteiger partial charge on any atom is 0.485 e. The maximum absolute atomic E-state index is 15.9. The van der Waals surface area contributed by atoms with Crippen LogP contribution < -0.4 is 0 Å². The number of hydrogen-bond acceptors (Lipinski definition) is 6. The summed E-state index contributed by atoms with van der Waals surface area (Å²) in [4.78, 5) is 0. The molecule has 0 amide bonds. The van der Waals surface area contributed by atoms with E-state index in [2.05, 4.69) is 0 Å². The molecule has 46 heavy (non-hydrogen) atoms. The number of nitrogens with zero attached hydrogens (tertiary/aromatic N) is 2. The van der Waals surface area contributed by atoms with Crippen molar-refractivity contribution in [3.8, 4) is 0 Å². The second kappa shape index (κ2) is 12.7. The smallest absolute Gasteiger partial charge is 0.485 e. The van der Waals surface area contributed by atoms with Gasteiger partial charge in [-0.05, 0) is 28.7 Å². The number of hydrogen-bond donors (Lipinski definition) is 0. The molecule has 0 spiro atoms. The third-order valence-corrected chi connectivity index (χ3v) is 8.29. The Labute approximate surface area is 252 Å². The summed E-state index contributed by atoms with van der Waals surface area (Å²) in [6, 6.07) is 7.83. The molecule has 0 N–H and O–H groups in total. The van der Waals surface area contributed by atoms with Crippen LogP contribution in [0.5, 0.6) is 0 Å². The SMILES string of the molecule is C[N+]12CC[N+](F)(CC1)C(c1ccc(C(F)(F)F)cc1)C2c1ccc(C(F)(F)F)cc1.O=S(=O)([O-])C(F)(F)F.O=S(=O)([O-])C(F)(F)F. The highest BCUT2D eigenvalue weighted by Crippen LogP contribution is 2.53. The zero-order valence-corrected chi connectivity index (χ0v) is 24.3. The van der Waals surface area contributed by atoms with Crippen molar-refractivity contribution in [2.75, 3.05) is 33.2 Å². The lowest BCUT2D eigenvalue weighted by molar-refractivity contribution is -1.18. The second-order valence-corrected chi connectivity index (χ2v) is 13.0. The van der Waals surface area contributed by atoms with E-state index in [4.69, 9.17) is 25.9 Å². The quantitative estimate of drug-likeness (QED) is 0.127. The first-order valence-electron chi connectivity index (χ1n) is 12.1. The lowest BCUT2D eigenvalue weighted by atomic mass is 9.83. The summed E-state index contributed by atoms with van der Waals surface area (Å²) in [5.41, 5.74) is -11.9. The Morgan fingerprint density at radius 2 is 0.826 bits per heavy atom. The standard InChI is InChI=1S/C21H21F7N2.2CHF3O3S/c1-29-10-12-30(28,13-11-29)19(15-4-8-17(9-5-15)21(25,26)27)18(29)14-2-6-16(7-3-14)20(22,23)24;2*2-1(3,4)8(5,6)7/h2-9,18-19H,10-13H2,1H3;2*(H,5,6,7)/q+2;;/p-2. The molecule has 2 unspecified atom stereocenters. The Morgan fingerprint density at radius 3 is 1.07 bits per heavy atom. The maximum atomic E-state index is 15.9. The van der Waals surface area contributed by atoms with Gasteiger partial charge in [0.1, 0.15) is 13.1 Å². The molecule has 262 valence electrons. The second-order valence-electron chi connectivity index (χ2n) is 10.2. The highest BCUT2D eigenvalue weighted by atomic mass is 32.2. The summed E-state index contributed by atoms with van der Waals surface area (Å²) in [7, 11) is -10.2. The fourth-order valence-electron chi connectivity index (χ4n) is 4.89. The van der Waals surface area contributed by atoms with Crippen molar-refractivity contribution in [2.45, 2.75) is 35.5 Å². The molecule has 3 aliphatic rings. The van der Waals surface area contributed by atoms with Gasteiger partial charge in [0, 0.05) is 11.1 Å². The Kier molecular flexibility index (Phi) is 10.9. The number of piperazine rings is 3. The molecule has 8 nitrogen and oxygen atoms in total. The molecule has 3 fully saturated rings. The van der Waals surface area contributed by atoms with Crippen molar-refractivity contribution in [3.05, 3.63) is 70.8 Å². The third kappa shape index (κ3) is 9.20. The molecular formula is C23H21F13N2O6S2. The first-order valence-corrected chi connectivity index (χ1v) is 14.9. The van der Waals surface area contributed by atoms with E-state index >= 15 is 4.48 Å². The molecule has 3 heterocycles. The van der Waals surface area contributed by atoms with Gasteiger partial charge in [-0.25, -0.2) is 16.8 Å². The number of rotatable bonds is 2. The number of alkyl halides is 12. The summed E-state index contributed by atoms with van der Waals surface area (Å²) in [6.07, 6.45) is -8.98. The number of fused-ring (bicyclic) bond motifs is 3. The molecule has 3 aliphatic heterocycles. The van der Waals surface area contributed by atoms with Crippen molar-refractivity contribution in [1.82, 2.24) is 0 Å². The summed E-state index contributed by atoms with van der Waals surface area (Å²) in [5, 5.41) is 0. The molecule has 3 saturated heterocycles. The molecule has 0 radical (unpaired) electrons. The average Bonchev–Trinajstić information content (AvgIpc) is 2.86. The van der Waals surface area contributed by atoms with Crippen molar-refractivity contribution >= 4 is 20.2 Å². The van der Waals surface area contributed by atoms with Crippen LogP contribution in [0.15, 0.2) is 48.5 Å². The first-order chi connectivity index (χ1) is 20.3. The van der Waals surface area contributed by atoms with Gasteiger partial charge in [-0.3, -0.25) is 0 Å². The van der Waals surface area contributed by atoms with E-state index in [1.54, 1.807) is 0 Å². The van der Waals surface area contributed by atoms with Crippen LogP contribution >= 0.6 is 0 Å². The van der Waals surface area contributed by atoms with Gasteiger partial charge in [0.25, 0.3) is 0 Å². The van der Waals surface area contributed by atoms with Gasteiger partial charge in [-0.15, -0.1) is 4.71 Å². The Morgan fingerprint density at radius 1 is 0.565 bits per heavy atom. The van der Waals surface area contributed by atoms with Crippen LogP contribution in [0.1, 0.15) is 34.3 Å². The number of benzene rings is 2.